The molecule has 144 valence electrons. The molecule has 4 nitrogen and oxygen atoms in total. The number of halogens is 3. The van der Waals surface area contributed by atoms with Gasteiger partial charge in [0.2, 0.25) is 0 Å². The van der Waals surface area contributed by atoms with Gasteiger partial charge in [-0.3, -0.25) is 4.98 Å². The van der Waals surface area contributed by atoms with Crippen molar-refractivity contribution < 1.29 is 4.79 Å². The van der Waals surface area contributed by atoms with Crippen molar-refractivity contribution in [3.63, 3.8) is 0 Å². The second kappa shape index (κ2) is 8.29. The lowest BCUT2D eigenvalue weighted by Gasteiger charge is -2.15. The van der Waals surface area contributed by atoms with Gasteiger partial charge in [-0.1, -0.05) is 65.1 Å². The van der Waals surface area contributed by atoms with Gasteiger partial charge in [0.15, 0.2) is 0 Å². The lowest BCUT2D eigenvalue weighted by Crippen LogP contribution is -2.20. The van der Waals surface area contributed by atoms with Crippen molar-refractivity contribution >= 4 is 63.1 Å². The monoisotopic (exact) mass is 441 g/mol. The van der Waals surface area contributed by atoms with Crippen LogP contribution < -0.4 is 10.6 Å². The van der Waals surface area contributed by atoms with Gasteiger partial charge < -0.3 is 10.6 Å². The molecule has 0 atom stereocenters. The molecule has 0 saturated heterocycles. The molecular formula is C22H14Cl3N3O. The topological polar surface area (TPSA) is 54.0 Å². The van der Waals surface area contributed by atoms with E-state index in [9.17, 15) is 4.79 Å². The van der Waals surface area contributed by atoms with Crippen LogP contribution in [0, 0.1) is 0 Å². The lowest BCUT2D eigenvalue weighted by molar-refractivity contribution is 0.262. The van der Waals surface area contributed by atoms with Crippen molar-refractivity contribution in [2.75, 3.05) is 10.6 Å². The van der Waals surface area contributed by atoms with Crippen LogP contribution in [0.4, 0.5) is 16.2 Å². The van der Waals surface area contributed by atoms with Crippen molar-refractivity contribution in [2.24, 2.45) is 0 Å². The van der Waals surface area contributed by atoms with Crippen LogP contribution in [-0.4, -0.2) is 11.0 Å². The molecule has 2 N–H and O–H groups in total. The summed E-state index contributed by atoms with van der Waals surface area (Å²) in [6.45, 7) is 0. The highest BCUT2D eigenvalue weighted by Crippen LogP contribution is 2.36. The maximum absolute atomic E-state index is 12.6. The number of pyridine rings is 1. The Morgan fingerprint density at radius 3 is 2.24 bits per heavy atom. The summed E-state index contributed by atoms with van der Waals surface area (Å²) in [5.74, 6) is 0. The third-order valence-corrected chi connectivity index (χ3v) is 5.10. The van der Waals surface area contributed by atoms with Gasteiger partial charge in [-0.05, 0) is 42.0 Å². The number of fused-ring (bicyclic) bond motifs is 1. The molecule has 0 bridgehead atoms. The summed E-state index contributed by atoms with van der Waals surface area (Å²) < 4.78 is 0. The third kappa shape index (κ3) is 4.30. The van der Waals surface area contributed by atoms with E-state index in [1.165, 1.54) is 0 Å². The number of amides is 2. The Kier molecular flexibility index (Phi) is 5.58. The number of nitrogens with zero attached hydrogens (tertiary/aromatic N) is 1. The summed E-state index contributed by atoms with van der Waals surface area (Å²) >= 11 is 18.3. The lowest BCUT2D eigenvalue weighted by atomic mass is 9.99. The molecular weight excluding hydrogens is 429 g/mol. The average Bonchev–Trinajstić information content (AvgIpc) is 2.70. The van der Waals surface area contributed by atoms with Crippen LogP contribution in [-0.2, 0) is 0 Å². The molecule has 0 aliphatic carbocycles. The molecule has 4 rings (SSSR count). The van der Waals surface area contributed by atoms with Gasteiger partial charge in [-0.15, -0.1) is 0 Å². The molecule has 0 unspecified atom stereocenters. The van der Waals surface area contributed by atoms with Crippen LogP contribution >= 0.6 is 34.8 Å². The molecule has 3 aromatic carbocycles. The first kappa shape index (κ1) is 19.5. The Morgan fingerprint density at radius 1 is 0.793 bits per heavy atom. The average molecular weight is 443 g/mol. The zero-order valence-corrected chi connectivity index (χ0v) is 17.2. The third-order valence-electron chi connectivity index (χ3n) is 4.32. The number of nitrogens with one attached hydrogen (secondary N) is 2. The summed E-state index contributed by atoms with van der Waals surface area (Å²) in [5, 5.41) is 7.86. The Labute approximate surface area is 182 Å². The number of aromatic nitrogens is 1. The fraction of sp³-hybridized carbons (Fsp3) is 0. The van der Waals surface area contributed by atoms with Crippen LogP contribution in [0.5, 0.6) is 0 Å². The number of urea groups is 1. The predicted molar refractivity (Wildman–Crippen MR) is 121 cm³/mol. The summed E-state index contributed by atoms with van der Waals surface area (Å²) in [6, 6.07) is 19.6. The Hall–Kier alpha value is -2.79. The van der Waals surface area contributed by atoms with Crippen molar-refractivity contribution in [1.82, 2.24) is 4.98 Å². The molecule has 7 heteroatoms. The van der Waals surface area contributed by atoms with Gasteiger partial charge in [0.1, 0.15) is 0 Å². The van der Waals surface area contributed by atoms with Crippen molar-refractivity contribution in [2.45, 2.75) is 0 Å². The van der Waals surface area contributed by atoms with E-state index in [0.717, 1.165) is 22.0 Å². The molecule has 0 radical (unpaired) electrons. The number of hydrogen-bond acceptors (Lipinski definition) is 2. The van der Waals surface area contributed by atoms with Crippen molar-refractivity contribution in [3.8, 4) is 11.1 Å². The van der Waals surface area contributed by atoms with Crippen LogP contribution in [0.2, 0.25) is 15.1 Å². The van der Waals surface area contributed by atoms with E-state index in [-0.39, 0.29) is 0 Å². The highest BCUT2D eigenvalue weighted by atomic mass is 35.5. The summed E-state index contributed by atoms with van der Waals surface area (Å²) in [6.07, 6.45) is 1.63. The predicted octanol–water partition coefficient (Wildman–Crippen LogP) is 7.51. The number of anilines is 2. The van der Waals surface area contributed by atoms with Gasteiger partial charge in [-0.2, -0.15) is 0 Å². The number of benzene rings is 3. The molecule has 1 aromatic heterocycles. The van der Waals surface area contributed by atoms with Gasteiger partial charge >= 0.3 is 6.03 Å². The van der Waals surface area contributed by atoms with Crippen LogP contribution in [0.3, 0.4) is 0 Å². The minimum absolute atomic E-state index is 0.347. The van der Waals surface area contributed by atoms with Gasteiger partial charge in [0.25, 0.3) is 0 Å². The standard InChI is InChI=1S/C22H14Cl3N3O/c23-14-6-8-18-16(10-14)21(13-4-2-1-3-5-13)20(12-26-18)28-22(29)27-19-9-7-15(24)11-17(19)25/h1-12H,(H2,27,28,29). The van der Waals surface area contributed by atoms with E-state index < -0.39 is 6.03 Å². The number of rotatable bonds is 3. The van der Waals surface area contributed by atoms with E-state index in [1.54, 1.807) is 30.5 Å². The maximum Gasteiger partial charge on any atom is 0.323 e. The zero-order valence-electron chi connectivity index (χ0n) is 14.9. The highest BCUT2D eigenvalue weighted by molar-refractivity contribution is 6.36. The Bertz CT molecular complexity index is 1210. The van der Waals surface area contributed by atoms with E-state index >= 15 is 0 Å². The smallest absolute Gasteiger partial charge is 0.306 e. The molecule has 0 fully saturated rings. The fourth-order valence-corrected chi connectivity index (χ4v) is 3.67. The summed E-state index contributed by atoms with van der Waals surface area (Å²) in [4.78, 5) is 17.1. The van der Waals surface area contributed by atoms with Crippen LogP contribution in [0.1, 0.15) is 0 Å². The number of carbonyl (C=O) groups is 1. The van der Waals surface area contributed by atoms with Crippen molar-refractivity contribution in [3.05, 3.63) is 88.0 Å². The Morgan fingerprint density at radius 2 is 1.48 bits per heavy atom. The fourth-order valence-electron chi connectivity index (χ4n) is 3.04. The number of carbonyl (C=O) groups excluding carboxylic acids is 1. The van der Waals surface area contributed by atoms with E-state index in [2.05, 4.69) is 15.6 Å². The summed E-state index contributed by atoms with van der Waals surface area (Å²) in [7, 11) is 0. The first-order valence-corrected chi connectivity index (χ1v) is 9.81. The van der Waals surface area contributed by atoms with Gasteiger partial charge in [0, 0.05) is 21.0 Å². The summed E-state index contributed by atoms with van der Waals surface area (Å²) in [5.41, 5.74) is 3.54. The largest absolute Gasteiger partial charge is 0.323 e. The van der Waals surface area contributed by atoms with Crippen LogP contribution in [0.15, 0.2) is 72.9 Å². The second-order valence-corrected chi connectivity index (χ2v) is 7.56. The van der Waals surface area contributed by atoms with E-state index in [1.807, 2.05) is 42.5 Å². The first-order chi connectivity index (χ1) is 14.0. The normalized spacial score (nSPS) is 10.7. The highest BCUT2D eigenvalue weighted by Gasteiger charge is 2.15. The molecule has 0 aliphatic rings. The molecule has 4 aromatic rings. The maximum atomic E-state index is 12.6. The SMILES string of the molecule is O=C(Nc1ccc(Cl)cc1Cl)Nc1cnc2ccc(Cl)cc2c1-c1ccccc1. The Balaban J connectivity index is 1.74. The molecule has 29 heavy (non-hydrogen) atoms. The molecule has 0 spiro atoms. The second-order valence-electron chi connectivity index (χ2n) is 6.28. The van der Waals surface area contributed by atoms with Gasteiger partial charge in [-0.25, -0.2) is 4.79 Å². The van der Waals surface area contributed by atoms with Crippen LogP contribution in [0.25, 0.3) is 22.0 Å². The first-order valence-electron chi connectivity index (χ1n) is 8.68. The zero-order chi connectivity index (χ0) is 20.4. The molecule has 2 amide bonds. The number of hydrogen-bond donors (Lipinski definition) is 2. The van der Waals surface area contributed by atoms with E-state index in [4.69, 9.17) is 34.8 Å². The molecule has 1 heterocycles. The molecule has 0 saturated carbocycles. The minimum atomic E-state index is -0.449. The van der Waals surface area contributed by atoms with Crippen molar-refractivity contribution in [1.29, 1.82) is 0 Å². The minimum Gasteiger partial charge on any atom is -0.306 e. The quantitative estimate of drug-likeness (QED) is 0.345. The van der Waals surface area contributed by atoms with Gasteiger partial charge in [0.05, 0.1) is 28.1 Å². The molecule has 0 aliphatic heterocycles. The van der Waals surface area contributed by atoms with E-state index in [0.29, 0.717) is 26.4 Å².